The summed E-state index contributed by atoms with van der Waals surface area (Å²) in [6.45, 7) is 2.00. The van der Waals surface area contributed by atoms with E-state index >= 15 is 0 Å². The predicted octanol–water partition coefficient (Wildman–Crippen LogP) is 1.45. The van der Waals surface area contributed by atoms with Crippen molar-refractivity contribution in [2.24, 2.45) is 22.4 Å². The number of halogens is 2. The lowest BCUT2D eigenvalue weighted by Crippen LogP contribution is -2.43. The topological polar surface area (TPSA) is 84.7 Å². The lowest BCUT2D eigenvalue weighted by molar-refractivity contribution is -0.121. The van der Waals surface area contributed by atoms with Gasteiger partial charge in [0, 0.05) is 24.6 Å². The Labute approximate surface area is 157 Å². The molecule has 2 rings (SSSR count). The van der Waals surface area contributed by atoms with Crippen LogP contribution in [0, 0.1) is 11.7 Å². The van der Waals surface area contributed by atoms with Gasteiger partial charge in [0.05, 0.1) is 12.5 Å². The number of rotatable bonds is 5. The third-order valence-corrected chi connectivity index (χ3v) is 4.55. The summed E-state index contributed by atoms with van der Waals surface area (Å²) in [6.07, 6.45) is 0.433. The summed E-state index contributed by atoms with van der Waals surface area (Å²) in [4.78, 5) is 17.9. The number of carbonyl (C=O) groups is 1. The molecular formula is C15H22FIN4OS. The van der Waals surface area contributed by atoms with E-state index in [1.54, 1.807) is 12.1 Å². The number of hydrogen-bond donors (Lipinski definition) is 2. The van der Waals surface area contributed by atoms with Gasteiger partial charge in [0.25, 0.3) is 0 Å². The number of nitrogens with two attached hydrogens (primary N) is 2. The number of benzene rings is 1. The van der Waals surface area contributed by atoms with Crippen LogP contribution in [0.25, 0.3) is 0 Å². The van der Waals surface area contributed by atoms with E-state index in [0.29, 0.717) is 12.4 Å². The highest BCUT2D eigenvalue weighted by Gasteiger charge is 2.17. The highest BCUT2D eigenvalue weighted by molar-refractivity contribution is 14.0. The second-order valence-electron chi connectivity index (χ2n) is 5.23. The Morgan fingerprint density at radius 1 is 1.26 bits per heavy atom. The van der Waals surface area contributed by atoms with Gasteiger partial charge in [-0.25, -0.2) is 4.39 Å². The van der Waals surface area contributed by atoms with E-state index in [4.69, 9.17) is 11.5 Å². The van der Waals surface area contributed by atoms with Crippen molar-refractivity contribution in [3.05, 3.63) is 35.6 Å². The molecule has 0 saturated carbocycles. The van der Waals surface area contributed by atoms with Crippen molar-refractivity contribution in [2.45, 2.75) is 6.42 Å². The summed E-state index contributed by atoms with van der Waals surface area (Å²) in [7, 11) is 0. The maximum Gasteiger partial charge on any atom is 0.222 e. The van der Waals surface area contributed by atoms with Crippen LogP contribution < -0.4 is 11.5 Å². The summed E-state index contributed by atoms with van der Waals surface area (Å²) in [5.41, 5.74) is 12.3. The summed E-state index contributed by atoms with van der Waals surface area (Å²) in [6, 6.07) is 6.05. The molecule has 0 aliphatic carbocycles. The third-order valence-electron chi connectivity index (χ3n) is 3.61. The van der Waals surface area contributed by atoms with Gasteiger partial charge in [-0.1, -0.05) is 12.1 Å². The molecule has 1 unspecified atom stereocenters. The Morgan fingerprint density at radius 3 is 2.43 bits per heavy atom. The highest BCUT2D eigenvalue weighted by Crippen LogP contribution is 2.12. The maximum atomic E-state index is 12.9. The Morgan fingerprint density at radius 2 is 1.87 bits per heavy atom. The molecule has 1 saturated heterocycles. The Kier molecular flexibility index (Phi) is 8.67. The largest absolute Gasteiger partial charge is 0.370 e. The zero-order valence-corrected chi connectivity index (χ0v) is 15.9. The molecule has 1 amide bonds. The molecule has 5 nitrogen and oxygen atoms in total. The van der Waals surface area contributed by atoms with Gasteiger partial charge in [0.1, 0.15) is 5.82 Å². The van der Waals surface area contributed by atoms with Crippen LogP contribution in [0.3, 0.4) is 0 Å². The van der Waals surface area contributed by atoms with Crippen LogP contribution >= 0.6 is 35.7 Å². The van der Waals surface area contributed by atoms with E-state index in [2.05, 4.69) is 4.99 Å². The number of guanidine groups is 1. The first kappa shape index (κ1) is 20.0. The quantitative estimate of drug-likeness (QED) is 0.403. The van der Waals surface area contributed by atoms with Crippen molar-refractivity contribution in [1.29, 1.82) is 0 Å². The fourth-order valence-electron chi connectivity index (χ4n) is 2.26. The van der Waals surface area contributed by atoms with Gasteiger partial charge in [-0.3, -0.25) is 9.79 Å². The van der Waals surface area contributed by atoms with Gasteiger partial charge in [-0.15, -0.1) is 24.0 Å². The molecule has 1 aromatic carbocycles. The van der Waals surface area contributed by atoms with Gasteiger partial charge in [0.15, 0.2) is 5.96 Å². The van der Waals surface area contributed by atoms with Crippen molar-refractivity contribution in [2.75, 3.05) is 31.1 Å². The lowest BCUT2D eigenvalue weighted by atomic mass is 9.99. The second-order valence-corrected chi connectivity index (χ2v) is 6.45. The summed E-state index contributed by atoms with van der Waals surface area (Å²) in [5.74, 6) is 1.37. The van der Waals surface area contributed by atoms with Crippen LogP contribution in [-0.2, 0) is 11.2 Å². The molecule has 128 valence electrons. The Hall–Kier alpha value is -1.03. The molecule has 0 radical (unpaired) electrons. The first-order valence-electron chi connectivity index (χ1n) is 7.22. The SMILES string of the molecule is I.NC(=O)C(CN=C(N)N1CCSCC1)Cc1ccc(F)cc1. The monoisotopic (exact) mass is 452 g/mol. The fraction of sp³-hybridized carbons (Fsp3) is 0.467. The van der Waals surface area contributed by atoms with E-state index in [1.807, 2.05) is 16.7 Å². The first-order valence-corrected chi connectivity index (χ1v) is 8.38. The van der Waals surface area contributed by atoms with Crippen molar-refractivity contribution in [1.82, 2.24) is 4.90 Å². The van der Waals surface area contributed by atoms with Crippen LogP contribution in [0.4, 0.5) is 4.39 Å². The van der Waals surface area contributed by atoms with Crippen LogP contribution in [0.5, 0.6) is 0 Å². The summed E-state index contributed by atoms with van der Waals surface area (Å²) in [5, 5.41) is 0. The molecule has 1 aromatic rings. The number of nitrogens with zero attached hydrogens (tertiary/aromatic N) is 2. The molecule has 0 aromatic heterocycles. The number of hydrogen-bond acceptors (Lipinski definition) is 3. The van der Waals surface area contributed by atoms with Gasteiger partial charge in [-0.05, 0) is 24.1 Å². The van der Waals surface area contributed by atoms with Crippen molar-refractivity contribution >= 4 is 47.6 Å². The molecule has 0 spiro atoms. The van der Waals surface area contributed by atoms with Crippen LogP contribution in [0.1, 0.15) is 5.56 Å². The molecule has 1 atom stereocenters. The molecule has 1 fully saturated rings. The predicted molar refractivity (Wildman–Crippen MR) is 104 cm³/mol. The molecule has 0 bridgehead atoms. The van der Waals surface area contributed by atoms with Crippen molar-refractivity contribution in [3.63, 3.8) is 0 Å². The molecule has 1 aliphatic heterocycles. The first-order chi connectivity index (χ1) is 10.6. The minimum atomic E-state index is -0.442. The average molecular weight is 452 g/mol. The fourth-order valence-corrected chi connectivity index (χ4v) is 3.16. The van der Waals surface area contributed by atoms with Crippen LogP contribution in [0.2, 0.25) is 0 Å². The van der Waals surface area contributed by atoms with Gasteiger partial charge in [0.2, 0.25) is 5.91 Å². The number of thioether (sulfide) groups is 1. The third kappa shape index (κ3) is 6.54. The molecule has 23 heavy (non-hydrogen) atoms. The summed E-state index contributed by atoms with van der Waals surface area (Å²) < 4.78 is 12.9. The van der Waals surface area contributed by atoms with Crippen LogP contribution in [0.15, 0.2) is 29.3 Å². The molecular weight excluding hydrogens is 430 g/mol. The maximum absolute atomic E-state index is 12.9. The number of aliphatic imine (C=N–C) groups is 1. The van der Waals surface area contributed by atoms with Crippen molar-refractivity contribution in [3.8, 4) is 0 Å². The Bertz CT molecular complexity index is 535. The van der Waals surface area contributed by atoms with E-state index in [9.17, 15) is 9.18 Å². The highest BCUT2D eigenvalue weighted by atomic mass is 127. The van der Waals surface area contributed by atoms with Crippen molar-refractivity contribution < 1.29 is 9.18 Å². The zero-order chi connectivity index (χ0) is 15.9. The van der Waals surface area contributed by atoms with Gasteiger partial charge in [-0.2, -0.15) is 11.8 Å². The van der Waals surface area contributed by atoms with Gasteiger partial charge >= 0.3 is 0 Å². The molecule has 1 heterocycles. The van der Waals surface area contributed by atoms with Gasteiger partial charge < -0.3 is 16.4 Å². The van der Waals surface area contributed by atoms with Crippen LogP contribution in [-0.4, -0.2) is 47.9 Å². The average Bonchev–Trinajstić information content (AvgIpc) is 2.53. The normalized spacial score (nSPS) is 16.6. The number of carbonyl (C=O) groups excluding carboxylic acids is 1. The van der Waals surface area contributed by atoms with E-state index in [1.165, 1.54) is 12.1 Å². The molecule has 1 aliphatic rings. The van der Waals surface area contributed by atoms with E-state index < -0.39 is 11.8 Å². The number of primary amides is 1. The minimum Gasteiger partial charge on any atom is -0.370 e. The van der Waals surface area contributed by atoms with E-state index in [-0.39, 0.29) is 36.3 Å². The summed E-state index contributed by atoms with van der Waals surface area (Å²) >= 11 is 1.89. The smallest absolute Gasteiger partial charge is 0.222 e. The van der Waals surface area contributed by atoms with E-state index in [0.717, 1.165) is 30.2 Å². The number of amides is 1. The molecule has 8 heteroatoms. The molecule has 4 N–H and O–H groups in total. The Balaban J connectivity index is 0.00000264. The zero-order valence-electron chi connectivity index (χ0n) is 12.8. The standard InChI is InChI=1S/C15H21FN4OS.HI/c16-13-3-1-11(2-4-13)9-12(14(17)21)10-19-15(18)20-5-7-22-8-6-20;/h1-4,12H,5-10H2,(H2,17,21)(H2,18,19);1H. The second kappa shape index (κ2) is 9.96. The lowest BCUT2D eigenvalue weighted by Gasteiger charge is -2.27. The minimum absolute atomic E-state index is 0.